The maximum Gasteiger partial charge on any atom is 0.271 e. The molecule has 1 fully saturated rings. The Bertz CT molecular complexity index is 647. The first-order valence-corrected chi connectivity index (χ1v) is 8.45. The van der Waals surface area contributed by atoms with E-state index in [4.69, 9.17) is 4.74 Å². The van der Waals surface area contributed by atoms with Crippen LogP contribution in [0.25, 0.3) is 0 Å². The number of nitro benzene ring substituents is 1. The Kier molecular flexibility index (Phi) is 7.20. The van der Waals surface area contributed by atoms with Crippen molar-refractivity contribution in [1.29, 1.82) is 0 Å². The lowest BCUT2D eigenvalue weighted by molar-refractivity contribution is -0.385. The van der Waals surface area contributed by atoms with Crippen LogP contribution in [0.2, 0.25) is 0 Å². The van der Waals surface area contributed by atoms with E-state index < -0.39 is 14.9 Å². The molecule has 23 heavy (non-hydrogen) atoms. The molecule has 0 bridgehead atoms. The van der Waals surface area contributed by atoms with E-state index in [-0.39, 0.29) is 34.7 Å². The summed E-state index contributed by atoms with van der Waals surface area (Å²) in [6, 6.07) is 3.51. The van der Waals surface area contributed by atoms with Gasteiger partial charge in [-0.25, -0.2) is 13.1 Å². The van der Waals surface area contributed by atoms with E-state index in [1.54, 1.807) is 0 Å². The zero-order valence-electron chi connectivity index (χ0n) is 12.6. The lowest BCUT2D eigenvalue weighted by atomic mass is 10.0. The molecule has 0 radical (unpaired) electrons. The number of ether oxygens (including phenoxy) is 1. The number of methoxy groups -OCH3 is 1. The summed E-state index contributed by atoms with van der Waals surface area (Å²) in [7, 11) is -2.54. The highest BCUT2D eigenvalue weighted by atomic mass is 35.5. The first-order valence-electron chi connectivity index (χ1n) is 6.97. The Morgan fingerprint density at radius 1 is 1.48 bits per heavy atom. The molecule has 10 heteroatoms. The number of non-ortho nitro benzene ring substituents is 1. The molecule has 130 valence electrons. The lowest BCUT2D eigenvalue weighted by Crippen LogP contribution is -2.38. The number of nitrogens with one attached hydrogen (secondary N) is 2. The molecule has 2 rings (SSSR count). The number of nitro groups is 1. The molecule has 8 nitrogen and oxygen atoms in total. The standard InChI is InChI=1S/C13H19N3O5S.ClH/c1-21-12-5-4-11(16(17)18)7-13(12)22(19,20)15-9-10-3-2-6-14-8-10;/h4-5,7,10,14-15H,2-3,6,8-9H2,1H3;1H. The summed E-state index contributed by atoms with van der Waals surface area (Å²) in [5.41, 5.74) is -0.291. The zero-order chi connectivity index (χ0) is 16.2. The Morgan fingerprint density at radius 2 is 2.22 bits per heavy atom. The molecule has 0 spiro atoms. The second kappa shape index (κ2) is 8.44. The van der Waals surface area contributed by atoms with Gasteiger partial charge in [-0.2, -0.15) is 0 Å². The molecule has 1 heterocycles. The molecule has 0 aromatic heterocycles. The number of benzene rings is 1. The third-order valence-corrected chi connectivity index (χ3v) is 5.05. The van der Waals surface area contributed by atoms with Gasteiger partial charge in [0.25, 0.3) is 5.69 Å². The predicted octanol–water partition coefficient (Wildman–Crippen LogP) is 1.30. The number of sulfonamides is 1. The third-order valence-electron chi connectivity index (χ3n) is 3.61. The molecule has 0 saturated carbocycles. The van der Waals surface area contributed by atoms with E-state index in [0.29, 0.717) is 6.54 Å². The van der Waals surface area contributed by atoms with Crippen molar-refractivity contribution in [3.8, 4) is 5.75 Å². The average Bonchev–Trinajstić information content (AvgIpc) is 2.53. The summed E-state index contributed by atoms with van der Waals surface area (Å²) in [4.78, 5) is 9.98. The first kappa shape index (κ1) is 19.6. The smallest absolute Gasteiger partial charge is 0.271 e. The highest BCUT2D eigenvalue weighted by Crippen LogP contribution is 2.28. The fourth-order valence-corrected chi connectivity index (χ4v) is 3.70. The highest BCUT2D eigenvalue weighted by Gasteiger charge is 2.24. The van der Waals surface area contributed by atoms with E-state index in [0.717, 1.165) is 32.0 Å². The Labute approximate surface area is 141 Å². The monoisotopic (exact) mass is 365 g/mol. The maximum atomic E-state index is 12.4. The highest BCUT2D eigenvalue weighted by molar-refractivity contribution is 7.89. The average molecular weight is 366 g/mol. The van der Waals surface area contributed by atoms with Gasteiger partial charge >= 0.3 is 0 Å². The van der Waals surface area contributed by atoms with Gasteiger partial charge in [0, 0.05) is 18.7 Å². The lowest BCUT2D eigenvalue weighted by Gasteiger charge is -2.23. The molecular weight excluding hydrogens is 346 g/mol. The number of hydrogen-bond acceptors (Lipinski definition) is 6. The molecule has 1 aromatic carbocycles. The first-order chi connectivity index (χ1) is 10.4. The minimum Gasteiger partial charge on any atom is -0.495 e. The van der Waals surface area contributed by atoms with E-state index in [1.807, 2.05) is 0 Å². The summed E-state index contributed by atoms with van der Waals surface area (Å²) in [5, 5.41) is 14.0. The van der Waals surface area contributed by atoms with Crippen LogP contribution in [0.15, 0.2) is 23.1 Å². The van der Waals surface area contributed by atoms with Gasteiger partial charge in [0.15, 0.2) is 0 Å². The number of rotatable bonds is 6. The fourth-order valence-electron chi connectivity index (χ4n) is 2.39. The van der Waals surface area contributed by atoms with Gasteiger partial charge in [-0.3, -0.25) is 10.1 Å². The second-order valence-electron chi connectivity index (χ2n) is 5.16. The number of hydrogen-bond donors (Lipinski definition) is 2. The van der Waals surface area contributed by atoms with Crippen LogP contribution in [0.3, 0.4) is 0 Å². The number of nitrogens with zero attached hydrogens (tertiary/aromatic N) is 1. The molecular formula is C13H20ClN3O5S. The summed E-state index contributed by atoms with van der Waals surface area (Å²) in [6.45, 7) is 2.00. The number of piperidine rings is 1. The van der Waals surface area contributed by atoms with Gasteiger partial charge in [0.05, 0.1) is 12.0 Å². The molecule has 1 atom stereocenters. The SMILES string of the molecule is COc1ccc([N+](=O)[O-])cc1S(=O)(=O)NCC1CCCNC1.Cl. The maximum absolute atomic E-state index is 12.4. The molecule has 1 aliphatic heterocycles. The molecule has 1 aliphatic rings. The van der Waals surface area contributed by atoms with Crippen LogP contribution in [0.4, 0.5) is 5.69 Å². The van der Waals surface area contributed by atoms with Gasteiger partial charge in [0.2, 0.25) is 10.0 Å². The topological polar surface area (TPSA) is 111 Å². The summed E-state index contributed by atoms with van der Waals surface area (Å²) in [5.74, 6) is 0.299. The Hall–Kier alpha value is -1.42. The third kappa shape index (κ3) is 5.03. The molecule has 0 amide bonds. The van der Waals surface area contributed by atoms with Gasteiger partial charge in [-0.15, -0.1) is 12.4 Å². The van der Waals surface area contributed by atoms with Crippen molar-refractivity contribution >= 4 is 28.1 Å². The summed E-state index contributed by atoms with van der Waals surface area (Å²) < 4.78 is 32.3. The quantitative estimate of drug-likeness (QED) is 0.580. The van der Waals surface area contributed by atoms with Gasteiger partial charge in [-0.1, -0.05) is 0 Å². The Morgan fingerprint density at radius 3 is 2.78 bits per heavy atom. The predicted molar refractivity (Wildman–Crippen MR) is 87.7 cm³/mol. The Balaban J connectivity index is 0.00000264. The van der Waals surface area contributed by atoms with Crippen LogP contribution in [-0.4, -0.2) is 40.1 Å². The zero-order valence-corrected chi connectivity index (χ0v) is 14.3. The second-order valence-corrected chi connectivity index (χ2v) is 6.89. The molecule has 0 aliphatic carbocycles. The van der Waals surface area contributed by atoms with Crippen LogP contribution in [0, 0.1) is 16.0 Å². The molecule has 1 aromatic rings. The van der Waals surface area contributed by atoms with Crippen LogP contribution in [-0.2, 0) is 10.0 Å². The van der Waals surface area contributed by atoms with Crippen molar-refractivity contribution in [2.45, 2.75) is 17.7 Å². The van der Waals surface area contributed by atoms with Crippen LogP contribution >= 0.6 is 12.4 Å². The van der Waals surface area contributed by atoms with E-state index in [9.17, 15) is 18.5 Å². The summed E-state index contributed by atoms with van der Waals surface area (Å²) >= 11 is 0. The molecule has 2 N–H and O–H groups in total. The summed E-state index contributed by atoms with van der Waals surface area (Å²) in [6.07, 6.45) is 1.95. The molecule has 1 unspecified atom stereocenters. The van der Waals surface area contributed by atoms with Gasteiger partial charge in [0.1, 0.15) is 10.6 Å². The van der Waals surface area contributed by atoms with Crippen LogP contribution in [0.1, 0.15) is 12.8 Å². The van der Waals surface area contributed by atoms with Crippen LogP contribution in [0.5, 0.6) is 5.75 Å². The molecule has 1 saturated heterocycles. The van der Waals surface area contributed by atoms with E-state index in [2.05, 4.69) is 10.0 Å². The fraction of sp³-hybridized carbons (Fsp3) is 0.538. The van der Waals surface area contributed by atoms with Gasteiger partial charge < -0.3 is 10.1 Å². The van der Waals surface area contributed by atoms with Crippen LogP contribution < -0.4 is 14.8 Å². The van der Waals surface area contributed by atoms with Crippen molar-refractivity contribution < 1.29 is 18.1 Å². The van der Waals surface area contributed by atoms with Crippen molar-refractivity contribution in [1.82, 2.24) is 10.0 Å². The van der Waals surface area contributed by atoms with Gasteiger partial charge in [-0.05, 0) is 37.9 Å². The van der Waals surface area contributed by atoms with E-state index in [1.165, 1.54) is 19.2 Å². The minimum absolute atomic E-state index is 0. The largest absolute Gasteiger partial charge is 0.495 e. The number of halogens is 1. The van der Waals surface area contributed by atoms with Crippen molar-refractivity contribution in [2.75, 3.05) is 26.7 Å². The minimum atomic E-state index is -3.87. The van der Waals surface area contributed by atoms with Crippen molar-refractivity contribution in [3.63, 3.8) is 0 Å². The van der Waals surface area contributed by atoms with Crippen molar-refractivity contribution in [2.24, 2.45) is 5.92 Å². The van der Waals surface area contributed by atoms with E-state index >= 15 is 0 Å². The van der Waals surface area contributed by atoms with Crippen molar-refractivity contribution in [3.05, 3.63) is 28.3 Å². The normalized spacial score (nSPS) is 18.0.